The number of hydrogen-bond donors (Lipinski definition) is 1. The molecule has 2 aromatic rings. The molecule has 0 aliphatic heterocycles. The Kier molecular flexibility index (Phi) is 3.53. The van der Waals surface area contributed by atoms with Crippen molar-refractivity contribution in [2.24, 2.45) is 0 Å². The van der Waals surface area contributed by atoms with Gasteiger partial charge < -0.3 is 5.32 Å². The SMILES string of the molecule is Clc1nc(Cl)nc(Nc2cccc3c2CCCC3)n1. The topological polar surface area (TPSA) is 50.7 Å². The predicted molar refractivity (Wildman–Crippen MR) is 76.2 cm³/mol. The van der Waals surface area contributed by atoms with Crippen molar-refractivity contribution in [1.29, 1.82) is 0 Å². The van der Waals surface area contributed by atoms with Gasteiger partial charge in [0.05, 0.1) is 0 Å². The van der Waals surface area contributed by atoms with Gasteiger partial charge in [-0.05, 0) is 66.1 Å². The van der Waals surface area contributed by atoms with E-state index in [0.717, 1.165) is 18.5 Å². The molecule has 0 unspecified atom stereocenters. The number of halogens is 2. The van der Waals surface area contributed by atoms with E-state index in [2.05, 4.69) is 26.3 Å². The summed E-state index contributed by atoms with van der Waals surface area (Å²) in [5.74, 6) is 0.379. The molecule has 6 heteroatoms. The smallest absolute Gasteiger partial charge is 0.232 e. The Morgan fingerprint density at radius 2 is 1.68 bits per heavy atom. The van der Waals surface area contributed by atoms with E-state index in [-0.39, 0.29) is 10.6 Å². The molecular weight excluding hydrogens is 283 g/mol. The monoisotopic (exact) mass is 294 g/mol. The molecule has 0 fully saturated rings. The molecular formula is C13H12Cl2N4. The van der Waals surface area contributed by atoms with Gasteiger partial charge in [-0.1, -0.05) is 12.1 Å². The van der Waals surface area contributed by atoms with E-state index in [1.165, 1.54) is 24.0 Å². The van der Waals surface area contributed by atoms with E-state index in [9.17, 15) is 0 Å². The Bertz CT molecular complexity index is 595. The Balaban J connectivity index is 1.95. The quantitative estimate of drug-likeness (QED) is 0.915. The first-order valence-corrected chi connectivity index (χ1v) is 6.93. The largest absolute Gasteiger partial charge is 0.324 e. The molecule has 1 N–H and O–H groups in total. The molecule has 0 saturated carbocycles. The lowest BCUT2D eigenvalue weighted by molar-refractivity contribution is 0.687. The van der Waals surface area contributed by atoms with Crippen molar-refractivity contribution >= 4 is 34.8 Å². The maximum Gasteiger partial charge on any atom is 0.232 e. The maximum atomic E-state index is 5.77. The highest BCUT2D eigenvalue weighted by Crippen LogP contribution is 2.29. The van der Waals surface area contributed by atoms with Crippen LogP contribution in [0.2, 0.25) is 10.6 Å². The number of nitrogens with zero attached hydrogens (tertiary/aromatic N) is 3. The van der Waals surface area contributed by atoms with Crippen LogP contribution in [-0.2, 0) is 12.8 Å². The summed E-state index contributed by atoms with van der Waals surface area (Å²) in [4.78, 5) is 11.8. The van der Waals surface area contributed by atoms with Crippen molar-refractivity contribution < 1.29 is 0 Å². The van der Waals surface area contributed by atoms with Crippen molar-refractivity contribution in [1.82, 2.24) is 15.0 Å². The number of anilines is 2. The summed E-state index contributed by atoms with van der Waals surface area (Å²) in [5, 5.41) is 3.36. The molecule has 3 rings (SSSR count). The molecule has 0 amide bonds. The van der Waals surface area contributed by atoms with Gasteiger partial charge in [0.1, 0.15) is 0 Å². The number of aryl methyl sites for hydroxylation is 1. The highest BCUT2D eigenvalue weighted by molar-refractivity contribution is 6.31. The first kappa shape index (κ1) is 12.6. The number of benzene rings is 1. The summed E-state index contributed by atoms with van der Waals surface area (Å²) in [5.41, 5.74) is 3.75. The molecule has 98 valence electrons. The first-order chi connectivity index (χ1) is 9.22. The van der Waals surface area contributed by atoms with E-state index < -0.39 is 0 Å². The van der Waals surface area contributed by atoms with Crippen LogP contribution in [0.15, 0.2) is 18.2 Å². The van der Waals surface area contributed by atoms with Gasteiger partial charge in [-0.15, -0.1) is 0 Å². The van der Waals surface area contributed by atoms with Crippen molar-refractivity contribution in [2.75, 3.05) is 5.32 Å². The minimum atomic E-state index is 0.0901. The van der Waals surface area contributed by atoms with E-state index in [1.54, 1.807) is 0 Å². The van der Waals surface area contributed by atoms with Crippen molar-refractivity contribution in [3.8, 4) is 0 Å². The normalized spacial score (nSPS) is 14.0. The Morgan fingerprint density at radius 3 is 2.47 bits per heavy atom. The Hall–Kier alpha value is -1.39. The molecule has 1 heterocycles. The fourth-order valence-corrected chi connectivity index (χ4v) is 2.76. The van der Waals surface area contributed by atoms with Crippen LogP contribution in [0.3, 0.4) is 0 Å². The van der Waals surface area contributed by atoms with Crippen LogP contribution in [0.1, 0.15) is 24.0 Å². The lowest BCUT2D eigenvalue weighted by Crippen LogP contribution is -2.07. The summed E-state index contributed by atoms with van der Waals surface area (Å²) in [6, 6.07) is 6.24. The molecule has 0 bridgehead atoms. The van der Waals surface area contributed by atoms with Crippen LogP contribution in [0.25, 0.3) is 0 Å². The predicted octanol–water partition coefficient (Wildman–Crippen LogP) is 3.80. The third-order valence-corrected chi connectivity index (χ3v) is 3.56. The van der Waals surface area contributed by atoms with Gasteiger partial charge in [-0.3, -0.25) is 0 Å². The molecule has 1 aliphatic rings. The fourth-order valence-electron chi connectivity index (χ4n) is 2.40. The van der Waals surface area contributed by atoms with Gasteiger partial charge in [-0.2, -0.15) is 15.0 Å². The highest BCUT2D eigenvalue weighted by Gasteiger charge is 2.14. The van der Waals surface area contributed by atoms with E-state index in [1.807, 2.05) is 12.1 Å². The van der Waals surface area contributed by atoms with Crippen molar-refractivity contribution in [3.63, 3.8) is 0 Å². The third kappa shape index (κ3) is 2.80. The minimum absolute atomic E-state index is 0.0901. The average Bonchev–Trinajstić information content (AvgIpc) is 2.38. The van der Waals surface area contributed by atoms with E-state index >= 15 is 0 Å². The van der Waals surface area contributed by atoms with E-state index in [0.29, 0.717) is 5.95 Å². The standard InChI is InChI=1S/C13H12Cl2N4/c14-11-17-12(15)19-13(18-11)16-10-7-3-5-8-4-1-2-6-9(8)10/h3,5,7H,1-2,4,6H2,(H,16,17,18,19). The second-order valence-electron chi connectivity index (χ2n) is 4.47. The second-order valence-corrected chi connectivity index (χ2v) is 5.15. The fraction of sp³-hybridized carbons (Fsp3) is 0.308. The van der Waals surface area contributed by atoms with Crippen LogP contribution in [0.5, 0.6) is 0 Å². The van der Waals surface area contributed by atoms with Gasteiger partial charge in [0.25, 0.3) is 0 Å². The zero-order valence-corrected chi connectivity index (χ0v) is 11.7. The lowest BCUT2D eigenvalue weighted by atomic mass is 9.90. The number of hydrogen-bond acceptors (Lipinski definition) is 4. The van der Waals surface area contributed by atoms with Crippen molar-refractivity contribution in [3.05, 3.63) is 39.9 Å². The molecule has 19 heavy (non-hydrogen) atoms. The molecule has 1 aromatic heterocycles. The Morgan fingerprint density at radius 1 is 0.947 bits per heavy atom. The van der Waals surface area contributed by atoms with Gasteiger partial charge >= 0.3 is 0 Å². The molecule has 0 spiro atoms. The number of rotatable bonds is 2. The van der Waals surface area contributed by atoms with Gasteiger partial charge in [-0.25, -0.2) is 0 Å². The Labute approximate surface area is 121 Å². The molecule has 0 saturated heterocycles. The van der Waals surface area contributed by atoms with Gasteiger partial charge in [0.2, 0.25) is 16.5 Å². The van der Waals surface area contributed by atoms with Crippen LogP contribution in [0.4, 0.5) is 11.6 Å². The average molecular weight is 295 g/mol. The van der Waals surface area contributed by atoms with Crippen LogP contribution < -0.4 is 5.32 Å². The number of fused-ring (bicyclic) bond motifs is 1. The summed E-state index contributed by atoms with van der Waals surface area (Å²) < 4.78 is 0. The summed E-state index contributed by atoms with van der Waals surface area (Å²) in [6.07, 6.45) is 4.67. The molecule has 0 radical (unpaired) electrons. The molecule has 1 aliphatic carbocycles. The van der Waals surface area contributed by atoms with Crippen molar-refractivity contribution in [2.45, 2.75) is 25.7 Å². The first-order valence-electron chi connectivity index (χ1n) is 6.17. The van der Waals surface area contributed by atoms with Crippen LogP contribution in [-0.4, -0.2) is 15.0 Å². The highest BCUT2D eigenvalue weighted by atomic mass is 35.5. The summed E-state index contributed by atoms with van der Waals surface area (Å²) in [7, 11) is 0. The zero-order chi connectivity index (χ0) is 13.2. The number of nitrogens with one attached hydrogen (secondary N) is 1. The van der Waals surface area contributed by atoms with E-state index in [4.69, 9.17) is 23.2 Å². The third-order valence-electron chi connectivity index (χ3n) is 3.22. The summed E-state index contributed by atoms with van der Waals surface area (Å²) in [6.45, 7) is 0. The zero-order valence-electron chi connectivity index (χ0n) is 10.2. The van der Waals surface area contributed by atoms with Crippen LogP contribution in [0, 0.1) is 0 Å². The van der Waals surface area contributed by atoms with Gasteiger partial charge in [0.15, 0.2) is 0 Å². The summed E-state index contributed by atoms with van der Waals surface area (Å²) >= 11 is 11.5. The molecule has 4 nitrogen and oxygen atoms in total. The number of aromatic nitrogens is 3. The lowest BCUT2D eigenvalue weighted by Gasteiger charge is -2.19. The van der Waals surface area contributed by atoms with Crippen LogP contribution >= 0.6 is 23.2 Å². The maximum absolute atomic E-state index is 5.77. The molecule has 0 atom stereocenters. The van der Waals surface area contributed by atoms with Gasteiger partial charge in [0, 0.05) is 5.69 Å². The minimum Gasteiger partial charge on any atom is -0.324 e. The molecule has 1 aromatic carbocycles. The second kappa shape index (κ2) is 5.31.